The van der Waals surface area contributed by atoms with Gasteiger partial charge in [0.15, 0.2) is 0 Å². The van der Waals surface area contributed by atoms with Gasteiger partial charge >= 0.3 is 237 Å². The van der Waals surface area contributed by atoms with Crippen molar-refractivity contribution >= 4 is 56.6 Å². The monoisotopic (exact) mass is 743 g/mol. The molecule has 0 aliphatic rings. The molecule has 0 radical (unpaired) electrons. The summed E-state index contributed by atoms with van der Waals surface area (Å²) in [4.78, 5) is 2.09. The van der Waals surface area contributed by atoms with E-state index in [9.17, 15) is 4.57 Å². The second-order valence-corrected chi connectivity index (χ2v) is 21.6. The van der Waals surface area contributed by atoms with Crippen molar-refractivity contribution in [2.45, 2.75) is 19.9 Å². The molecule has 0 aliphatic heterocycles. The molecule has 0 fully saturated rings. The van der Waals surface area contributed by atoms with Gasteiger partial charge in [0.25, 0.3) is 0 Å². The first-order chi connectivity index (χ1) is 18.2. The summed E-state index contributed by atoms with van der Waals surface area (Å²) in [7, 11) is -2.84. The van der Waals surface area contributed by atoms with Gasteiger partial charge in [-0.2, -0.15) is 0 Å². The SMILES string of the molecule is CCc1cccc(CN(C)C)[c]1[Bi]([O]P(C)(=O)c1ccccc1)[O]P(=O)(c1ccccc1)c1ccccc1. The number of nitrogens with zero attached hydrogens (tertiary/aromatic N) is 1. The van der Waals surface area contributed by atoms with Gasteiger partial charge in [-0.3, -0.25) is 0 Å². The van der Waals surface area contributed by atoms with Crippen molar-refractivity contribution in [3.8, 4) is 0 Å². The third-order valence-electron chi connectivity index (χ3n) is 6.09. The van der Waals surface area contributed by atoms with Gasteiger partial charge in [-0.1, -0.05) is 0 Å². The van der Waals surface area contributed by atoms with Crippen LogP contribution in [-0.2, 0) is 27.3 Å². The van der Waals surface area contributed by atoms with Crippen molar-refractivity contribution in [1.82, 2.24) is 4.90 Å². The first-order valence-electron chi connectivity index (χ1n) is 12.5. The summed E-state index contributed by atoms with van der Waals surface area (Å²) in [5, 5.41) is 1.83. The quantitative estimate of drug-likeness (QED) is 0.156. The molecule has 0 saturated carbocycles. The Morgan fingerprint density at radius 1 is 0.658 bits per heavy atom. The van der Waals surface area contributed by atoms with Crippen LogP contribution in [0.25, 0.3) is 0 Å². The normalized spacial score (nSPS) is 13.5. The summed E-state index contributed by atoms with van der Waals surface area (Å²) in [6, 6.07) is 34.0. The van der Waals surface area contributed by atoms with E-state index in [0.717, 1.165) is 20.8 Å². The van der Waals surface area contributed by atoms with Crippen LogP contribution < -0.4 is 19.2 Å². The van der Waals surface area contributed by atoms with E-state index >= 15 is 4.57 Å². The van der Waals surface area contributed by atoms with Gasteiger partial charge < -0.3 is 0 Å². The van der Waals surface area contributed by atoms with Crippen molar-refractivity contribution in [2.75, 3.05) is 20.8 Å². The summed E-state index contributed by atoms with van der Waals surface area (Å²) in [5.74, 6) is 0. The molecule has 198 valence electrons. The van der Waals surface area contributed by atoms with E-state index < -0.39 is 37.4 Å². The maximum absolute atomic E-state index is 15.0. The molecule has 4 aromatic rings. The Morgan fingerprint density at radius 3 is 1.61 bits per heavy atom. The van der Waals surface area contributed by atoms with Crippen LogP contribution in [0.4, 0.5) is 0 Å². The number of rotatable bonds is 11. The van der Waals surface area contributed by atoms with Gasteiger partial charge in [0.1, 0.15) is 0 Å². The molecule has 0 heterocycles. The van der Waals surface area contributed by atoms with E-state index in [1.165, 1.54) is 0 Å². The Labute approximate surface area is 235 Å². The molecule has 0 spiro atoms. The van der Waals surface area contributed by atoms with Gasteiger partial charge in [-0.05, 0) is 0 Å². The molecule has 0 amide bonds. The van der Waals surface area contributed by atoms with E-state index in [4.69, 9.17) is 5.20 Å². The van der Waals surface area contributed by atoms with Crippen LogP contribution in [0.3, 0.4) is 0 Å². The summed E-state index contributed by atoms with van der Waals surface area (Å²) >= 11 is -3.96. The third-order valence-corrected chi connectivity index (χ3v) is 23.5. The van der Waals surface area contributed by atoms with E-state index in [2.05, 4.69) is 24.0 Å². The molecule has 0 saturated heterocycles. The fourth-order valence-corrected chi connectivity index (χ4v) is 22.7. The van der Waals surface area contributed by atoms with Gasteiger partial charge in [0, 0.05) is 0 Å². The summed E-state index contributed by atoms with van der Waals surface area (Å²) in [6.07, 6.45) is 0.759. The molecular formula is C30H34BiNO4P2. The number of hydrogen-bond acceptors (Lipinski definition) is 5. The summed E-state index contributed by atoms with van der Waals surface area (Å²) in [5.41, 5.74) is 2.15. The van der Waals surface area contributed by atoms with Gasteiger partial charge in [0.2, 0.25) is 0 Å². The van der Waals surface area contributed by atoms with Crippen molar-refractivity contribution in [2.24, 2.45) is 0 Å². The Bertz CT molecular complexity index is 1390. The van der Waals surface area contributed by atoms with E-state index in [-0.39, 0.29) is 0 Å². The third kappa shape index (κ3) is 6.81. The fourth-order valence-electron chi connectivity index (χ4n) is 4.21. The van der Waals surface area contributed by atoms with Gasteiger partial charge in [-0.25, -0.2) is 0 Å². The molecule has 0 aliphatic carbocycles. The average molecular weight is 744 g/mol. The zero-order chi connectivity index (χ0) is 27.2. The van der Waals surface area contributed by atoms with E-state index in [1.807, 2.05) is 111 Å². The first kappa shape index (κ1) is 29.1. The molecule has 8 heteroatoms. The molecule has 1 unspecified atom stereocenters. The average Bonchev–Trinajstić information content (AvgIpc) is 2.93. The van der Waals surface area contributed by atoms with Crippen LogP contribution >= 0.6 is 14.7 Å². The fraction of sp³-hybridized carbons (Fsp3) is 0.200. The second-order valence-electron chi connectivity index (χ2n) is 9.34. The molecule has 1 atom stereocenters. The summed E-state index contributed by atoms with van der Waals surface area (Å²) < 4.78 is 43.6. The molecule has 0 bridgehead atoms. The Morgan fingerprint density at radius 2 is 1.13 bits per heavy atom. The first-order valence-corrected chi connectivity index (χ1v) is 20.8. The Kier molecular flexibility index (Phi) is 9.93. The number of aryl methyl sites for hydroxylation is 1. The van der Waals surface area contributed by atoms with Crippen LogP contribution in [0.5, 0.6) is 0 Å². The molecule has 4 rings (SSSR count). The predicted octanol–water partition coefficient (Wildman–Crippen LogP) is 5.20. The Balaban J connectivity index is 1.92. The van der Waals surface area contributed by atoms with Crippen LogP contribution in [0.1, 0.15) is 18.1 Å². The molecule has 0 N–H and O–H groups in total. The number of hydrogen-bond donors (Lipinski definition) is 0. The number of benzene rings is 4. The minimum atomic E-state index is -3.96. The van der Waals surface area contributed by atoms with E-state index in [1.54, 1.807) is 6.66 Å². The molecule has 4 aromatic carbocycles. The van der Waals surface area contributed by atoms with Crippen molar-refractivity contribution < 1.29 is 14.3 Å². The standard InChI is InChI=1S/C12H11O2P.C11H16N.C7H9O2P.Bi/c13-15(14,11-7-3-1-4-8-11)12-9-5-2-6-10-12;1-4-10-6-5-7-11(8-10)9-12(2)3;1-10(8,9)7-5-3-2-4-6-7;/h1-10H,(H,13,14);5-7H,4,9H2,1-3H3;2-6H,1H3,(H,8,9);/q;;;+2/p-2. The predicted molar refractivity (Wildman–Crippen MR) is 160 cm³/mol. The van der Waals surface area contributed by atoms with Gasteiger partial charge in [-0.15, -0.1) is 0 Å². The molecule has 5 nitrogen and oxygen atoms in total. The van der Waals surface area contributed by atoms with Crippen molar-refractivity contribution in [3.63, 3.8) is 0 Å². The van der Waals surface area contributed by atoms with Crippen molar-refractivity contribution in [3.05, 3.63) is 120 Å². The second kappa shape index (κ2) is 13.0. The Hall–Kier alpha value is -1.90. The van der Waals surface area contributed by atoms with E-state index in [0.29, 0.717) is 22.5 Å². The maximum atomic E-state index is 15.0. The zero-order valence-electron chi connectivity index (χ0n) is 22.2. The summed E-state index contributed by atoms with van der Waals surface area (Å²) in [6.45, 7) is 4.41. The van der Waals surface area contributed by atoms with Gasteiger partial charge in [0.05, 0.1) is 0 Å². The van der Waals surface area contributed by atoms with Crippen LogP contribution in [0.15, 0.2) is 109 Å². The molecule has 38 heavy (non-hydrogen) atoms. The molecular weight excluding hydrogens is 709 g/mol. The van der Waals surface area contributed by atoms with Crippen LogP contribution in [-0.4, -0.2) is 48.3 Å². The minimum absolute atomic E-state index is 0.601. The topological polar surface area (TPSA) is 55.8 Å². The zero-order valence-corrected chi connectivity index (χ0v) is 27.5. The van der Waals surface area contributed by atoms with Crippen LogP contribution in [0.2, 0.25) is 0 Å². The molecule has 0 aromatic heterocycles. The van der Waals surface area contributed by atoms with Crippen molar-refractivity contribution in [1.29, 1.82) is 0 Å². The van der Waals surface area contributed by atoms with Crippen LogP contribution in [0, 0.1) is 0 Å².